The summed E-state index contributed by atoms with van der Waals surface area (Å²) in [5.74, 6) is 0.731. The van der Waals surface area contributed by atoms with Crippen LogP contribution < -0.4 is 5.32 Å². The molecule has 1 rings (SSSR count). The third-order valence-corrected chi connectivity index (χ3v) is 4.12. The van der Waals surface area contributed by atoms with Crippen molar-refractivity contribution in [1.29, 1.82) is 0 Å². The fourth-order valence-electron chi connectivity index (χ4n) is 1.34. The number of hydrogen-bond acceptors (Lipinski definition) is 3. The van der Waals surface area contributed by atoms with Gasteiger partial charge in [0.25, 0.3) is 0 Å². The molecule has 0 amide bonds. The van der Waals surface area contributed by atoms with Crippen molar-refractivity contribution in [1.82, 2.24) is 5.32 Å². The molecule has 1 aromatic rings. The summed E-state index contributed by atoms with van der Waals surface area (Å²) in [4.78, 5) is 1.38. The van der Waals surface area contributed by atoms with Gasteiger partial charge in [0.05, 0.1) is 0 Å². The fraction of sp³-hybridized carbons (Fsp3) is 0.600. The van der Waals surface area contributed by atoms with Crippen molar-refractivity contribution in [2.45, 2.75) is 19.9 Å². The van der Waals surface area contributed by atoms with Gasteiger partial charge < -0.3 is 5.32 Å². The maximum absolute atomic E-state index is 10.9. The highest BCUT2D eigenvalue weighted by atomic mass is 32.2. The Morgan fingerprint density at radius 3 is 2.86 bits per heavy atom. The van der Waals surface area contributed by atoms with E-state index in [0.717, 1.165) is 12.3 Å². The molecule has 0 saturated heterocycles. The SMILES string of the molecule is Cc1ccsc1C(C)NCCS(C)=O. The summed E-state index contributed by atoms with van der Waals surface area (Å²) >= 11 is 1.78. The van der Waals surface area contributed by atoms with Gasteiger partial charge in [0.2, 0.25) is 0 Å². The Balaban J connectivity index is 2.39. The Labute approximate surface area is 92.2 Å². The van der Waals surface area contributed by atoms with Crippen LogP contribution in [0.3, 0.4) is 0 Å². The van der Waals surface area contributed by atoms with Crippen LogP contribution in [0, 0.1) is 6.92 Å². The number of hydrogen-bond donors (Lipinski definition) is 1. The Kier molecular flexibility index (Phi) is 4.78. The van der Waals surface area contributed by atoms with Crippen LogP contribution in [0.1, 0.15) is 23.4 Å². The van der Waals surface area contributed by atoms with Crippen LogP contribution >= 0.6 is 11.3 Å². The Morgan fingerprint density at radius 1 is 1.64 bits per heavy atom. The molecule has 0 aromatic carbocycles. The molecule has 1 aromatic heterocycles. The predicted molar refractivity (Wildman–Crippen MR) is 64.4 cm³/mol. The van der Waals surface area contributed by atoms with Gasteiger partial charge in [0.1, 0.15) is 0 Å². The van der Waals surface area contributed by atoms with Crippen molar-refractivity contribution < 1.29 is 4.21 Å². The fourth-order valence-corrected chi connectivity index (χ4v) is 2.71. The minimum atomic E-state index is -0.693. The van der Waals surface area contributed by atoms with E-state index >= 15 is 0 Å². The van der Waals surface area contributed by atoms with E-state index in [2.05, 4.69) is 30.6 Å². The van der Waals surface area contributed by atoms with E-state index in [1.165, 1.54) is 10.4 Å². The second kappa shape index (κ2) is 5.63. The highest BCUT2D eigenvalue weighted by Crippen LogP contribution is 2.22. The maximum atomic E-state index is 10.9. The van der Waals surface area contributed by atoms with Crippen LogP contribution in [-0.4, -0.2) is 22.8 Å². The average molecular weight is 231 g/mol. The molecule has 0 radical (unpaired) electrons. The molecule has 2 nitrogen and oxygen atoms in total. The van der Waals surface area contributed by atoms with Crippen LogP contribution in [0.25, 0.3) is 0 Å². The van der Waals surface area contributed by atoms with Crippen molar-refractivity contribution in [2.24, 2.45) is 0 Å². The lowest BCUT2D eigenvalue weighted by molar-refractivity contribution is 0.603. The number of thiophene rings is 1. The van der Waals surface area contributed by atoms with E-state index in [4.69, 9.17) is 0 Å². The molecule has 1 heterocycles. The van der Waals surface area contributed by atoms with Gasteiger partial charge >= 0.3 is 0 Å². The number of aryl methyl sites for hydroxylation is 1. The van der Waals surface area contributed by atoms with E-state index < -0.39 is 10.8 Å². The van der Waals surface area contributed by atoms with Crippen molar-refractivity contribution in [2.75, 3.05) is 18.6 Å². The van der Waals surface area contributed by atoms with E-state index in [9.17, 15) is 4.21 Å². The minimum Gasteiger partial charge on any atom is -0.309 e. The standard InChI is InChI=1S/C10H17NOS2/c1-8-4-6-13-10(8)9(2)11-5-7-14(3)12/h4,6,9,11H,5,7H2,1-3H3. The summed E-state index contributed by atoms with van der Waals surface area (Å²) in [6.07, 6.45) is 1.74. The number of rotatable bonds is 5. The smallest absolute Gasteiger partial charge is 0.0389 e. The maximum Gasteiger partial charge on any atom is 0.0389 e. The highest BCUT2D eigenvalue weighted by molar-refractivity contribution is 7.84. The first-order valence-electron chi connectivity index (χ1n) is 4.68. The molecule has 0 fully saturated rings. The number of nitrogens with one attached hydrogen (secondary N) is 1. The second-order valence-electron chi connectivity index (χ2n) is 3.42. The van der Waals surface area contributed by atoms with Crippen molar-refractivity contribution in [3.05, 3.63) is 21.9 Å². The third-order valence-electron chi connectivity index (χ3n) is 2.14. The largest absolute Gasteiger partial charge is 0.309 e. The first kappa shape index (κ1) is 11.9. The molecule has 2 unspecified atom stereocenters. The zero-order valence-corrected chi connectivity index (χ0v) is 10.5. The summed E-state index contributed by atoms with van der Waals surface area (Å²) < 4.78 is 10.9. The van der Waals surface area contributed by atoms with Crippen LogP contribution in [0.5, 0.6) is 0 Å². The molecule has 0 spiro atoms. The molecular weight excluding hydrogens is 214 g/mol. The van der Waals surface area contributed by atoms with Crippen LogP contribution in [0.2, 0.25) is 0 Å². The molecule has 1 N–H and O–H groups in total. The Morgan fingerprint density at radius 2 is 2.36 bits per heavy atom. The molecule has 0 aliphatic heterocycles. The van der Waals surface area contributed by atoms with Gasteiger partial charge in [-0.25, -0.2) is 0 Å². The topological polar surface area (TPSA) is 29.1 Å². The van der Waals surface area contributed by atoms with Gasteiger partial charge in [-0.2, -0.15) is 0 Å². The molecule has 2 atom stereocenters. The summed E-state index contributed by atoms with van der Waals surface area (Å²) in [5.41, 5.74) is 1.34. The van der Waals surface area contributed by atoms with Crippen molar-refractivity contribution >= 4 is 22.1 Å². The molecule has 4 heteroatoms. The molecule has 0 aliphatic carbocycles. The zero-order valence-electron chi connectivity index (χ0n) is 8.87. The predicted octanol–water partition coefficient (Wildman–Crippen LogP) is 2.09. The second-order valence-corrected chi connectivity index (χ2v) is 5.92. The molecule has 0 bridgehead atoms. The van der Waals surface area contributed by atoms with Crippen LogP contribution in [0.4, 0.5) is 0 Å². The van der Waals surface area contributed by atoms with E-state index in [0.29, 0.717) is 6.04 Å². The first-order valence-corrected chi connectivity index (χ1v) is 7.29. The third kappa shape index (κ3) is 3.52. The van der Waals surface area contributed by atoms with Crippen molar-refractivity contribution in [3.63, 3.8) is 0 Å². The van der Waals surface area contributed by atoms with Gasteiger partial charge in [-0.15, -0.1) is 11.3 Å². The van der Waals surface area contributed by atoms with Gasteiger partial charge in [0.15, 0.2) is 0 Å². The summed E-state index contributed by atoms with van der Waals surface area (Å²) in [6.45, 7) is 5.10. The molecule has 0 saturated carbocycles. The summed E-state index contributed by atoms with van der Waals surface area (Å²) in [6, 6.07) is 2.51. The lowest BCUT2D eigenvalue weighted by atomic mass is 10.2. The van der Waals surface area contributed by atoms with Crippen LogP contribution in [0.15, 0.2) is 11.4 Å². The zero-order chi connectivity index (χ0) is 10.6. The molecule has 14 heavy (non-hydrogen) atoms. The quantitative estimate of drug-likeness (QED) is 0.840. The van der Waals surface area contributed by atoms with Gasteiger partial charge in [-0.1, -0.05) is 0 Å². The first-order chi connectivity index (χ1) is 6.61. The van der Waals surface area contributed by atoms with E-state index in [1.807, 2.05) is 0 Å². The lowest BCUT2D eigenvalue weighted by Crippen LogP contribution is -2.23. The Hall–Kier alpha value is -0.190. The van der Waals surface area contributed by atoms with Crippen molar-refractivity contribution in [3.8, 4) is 0 Å². The normalized spacial score (nSPS) is 15.4. The summed E-state index contributed by atoms with van der Waals surface area (Å²) in [7, 11) is -0.693. The highest BCUT2D eigenvalue weighted by Gasteiger charge is 2.08. The average Bonchev–Trinajstić information content (AvgIpc) is 2.50. The molecule has 0 aliphatic rings. The van der Waals surface area contributed by atoms with Gasteiger partial charge in [-0.3, -0.25) is 4.21 Å². The monoisotopic (exact) mass is 231 g/mol. The van der Waals surface area contributed by atoms with E-state index in [1.54, 1.807) is 17.6 Å². The summed E-state index contributed by atoms with van der Waals surface area (Å²) in [5, 5.41) is 5.49. The van der Waals surface area contributed by atoms with Gasteiger partial charge in [0, 0.05) is 40.3 Å². The minimum absolute atomic E-state index is 0.374. The van der Waals surface area contributed by atoms with Gasteiger partial charge in [-0.05, 0) is 30.9 Å². The Bertz CT molecular complexity index is 309. The molecule has 80 valence electrons. The van der Waals surface area contributed by atoms with E-state index in [-0.39, 0.29) is 0 Å². The molecular formula is C10H17NOS2. The van der Waals surface area contributed by atoms with Crippen LogP contribution in [-0.2, 0) is 10.8 Å². The lowest BCUT2D eigenvalue weighted by Gasteiger charge is -2.12.